The van der Waals surface area contributed by atoms with Crippen LogP contribution in [0.1, 0.15) is 62.0 Å². The van der Waals surface area contributed by atoms with Gasteiger partial charge in [0.05, 0.1) is 35.4 Å². The van der Waals surface area contributed by atoms with E-state index >= 15 is 0 Å². The van der Waals surface area contributed by atoms with E-state index in [1.54, 1.807) is 6.07 Å². The number of aliphatic hydroxyl groups is 1. The Hall–Kier alpha value is -3.07. The molecular formula is C22H24FN7O. The van der Waals surface area contributed by atoms with Gasteiger partial charge in [-0.05, 0) is 50.7 Å². The molecule has 2 saturated carbocycles. The summed E-state index contributed by atoms with van der Waals surface area (Å²) in [6.45, 7) is 0.415. The van der Waals surface area contributed by atoms with Gasteiger partial charge >= 0.3 is 0 Å². The maximum Gasteiger partial charge on any atom is 0.179 e. The first kappa shape index (κ1) is 18.7. The summed E-state index contributed by atoms with van der Waals surface area (Å²) in [5.41, 5.74) is 3.98. The fourth-order valence-corrected chi connectivity index (χ4v) is 4.46. The van der Waals surface area contributed by atoms with E-state index in [1.807, 2.05) is 10.9 Å². The number of imidazole rings is 1. The standard InChI is InChI=1S/C22H24FN7O/c23-13-3-8-16-17(9-13)27-19(26-16)11-25-21-20-22(28-18(10-24-20)12-1-2-12)30(29-21)14-4-6-15(31)7-5-14/h3,8-10,12,14-15,31H,1-2,4-7,11H2,(H,25,29)(H,26,27). The second-order valence-corrected chi connectivity index (χ2v) is 8.70. The number of benzene rings is 1. The van der Waals surface area contributed by atoms with Gasteiger partial charge in [-0.1, -0.05) is 0 Å². The monoisotopic (exact) mass is 421 g/mol. The number of aliphatic hydroxyl groups excluding tert-OH is 1. The number of aromatic nitrogens is 6. The summed E-state index contributed by atoms with van der Waals surface area (Å²) in [7, 11) is 0. The van der Waals surface area contributed by atoms with Crippen LogP contribution in [0.4, 0.5) is 10.2 Å². The number of aromatic amines is 1. The van der Waals surface area contributed by atoms with Crippen molar-refractivity contribution in [3.05, 3.63) is 41.7 Å². The van der Waals surface area contributed by atoms with Gasteiger partial charge in [0.1, 0.15) is 11.6 Å². The van der Waals surface area contributed by atoms with E-state index in [-0.39, 0.29) is 18.0 Å². The van der Waals surface area contributed by atoms with E-state index in [0.29, 0.717) is 29.6 Å². The Bertz CT molecular complexity index is 1250. The Morgan fingerprint density at radius 2 is 1.97 bits per heavy atom. The molecule has 160 valence electrons. The molecule has 0 bridgehead atoms. The number of nitrogens with zero attached hydrogens (tertiary/aromatic N) is 5. The number of halogens is 1. The van der Waals surface area contributed by atoms with Gasteiger partial charge in [0.25, 0.3) is 0 Å². The lowest BCUT2D eigenvalue weighted by molar-refractivity contribution is 0.109. The van der Waals surface area contributed by atoms with Gasteiger partial charge in [0.15, 0.2) is 17.0 Å². The first-order valence-electron chi connectivity index (χ1n) is 11.0. The third-order valence-corrected chi connectivity index (χ3v) is 6.35. The van der Waals surface area contributed by atoms with Crippen molar-refractivity contribution in [3.63, 3.8) is 0 Å². The van der Waals surface area contributed by atoms with Crippen LogP contribution in [0.15, 0.2) is 24.4 Å². The number of anilines is 1. The molecule has 2 aliphatic rings. The summed E-state index contributed by atoms with van der Waals surface area (Å²) in [4.78, 5) is 17.3. The van der Waals surface area contributed by atoms with Crippen molar-refractivity contribution >= 4 is 28.0 Å². The lowest BCUT2D eigenvalue weighted by Crippen LogP contribution is -2.22. The van der Waals surface area contributed by atoms with Crippen LogP contribution >= 0.6 is 0 Å². The van der Waals surface area contributed by atoms with Crippen LogP contribution in [0, 0.1) is 5.82 Å². The summed E-state index contributed by atoms with van der Waals surface area (Å²) in [6, 6.07) is 4.73. The van der Waals surface area contributed by atoms with Gasteiger partial charge in [-0.25, -0.2) is 24.0 Å². The first-order valence-corrected chi connectivity index (χ1v) is 11.0. The van der Waals surface area contributed by atoms with E-state index in [9.17, 15) is 9.50 Å². The predicted octanol–water partition coefficient (Wildman–Crippen LogP) is 3.81. The molecule has 3 N–H and O–H groups in total. The van der Waals surface area contributed by atoms with Crippen molar-refractivity contribution in [1.29, 1.82) is 0 Å². The summed E-state index contributed by atoms with van der Waals surface area (Å²) >= 11 is 0. The molecule has 31 heavy (non-hydrogen) atoms. The Kier molecular flexibility index (Phi) is 4.38. The van der Waals surface area contributed by atoms with Crippen LogP contribution in [-0.2, 0) is 6.54 Å². The van der Waals surface area contributed by atoms with Crippen LogP contribution in [0.5, 0.6) is 0 Å². The van der Waals surface area contributed by atoms with Crippen LogP contribution in [0.3, 0.4) is 0 Å². The van der Waals surface area contributed by atoms with E-state index in [4.69, 9.17) is 15.1 Å². The molecular weight excluding hydrogens is 397 g/mol. The lowest BCUT2D eigenvalue weighted by Gasteiger charge is -2.25. The highest BCUT2D eigenvalue weighted by Crippen LogP contribution is 2.40. The van der Waals surface area contributed by atoms with E-state index in [2.05, 4.69) is 15.3 Å². The third kappa shape index (κ3) is 3.52. The smallest absolute Gasteiger partial charge is 0.179 e. The van der Waals surface area contributed by atoms with E-state index < -0.39 is 0 Å². The van der Waals surface area contributed by atoms with Crippen LogP contribution < -0.4 is 5.32 Å². The number of nitrogens with one attached hydrogen (secondary N) is 2. The van der Waals surface area contributed by atoms with Gasteiger partial charge in [-0.15, -0.1) is 0 Å². The Morgan fingerprint density at radius 1 is 1.13 bits per heavy atom. The molecule has 3 aromatic heterocycles. The highest BCUT2D eigenvalue weighted by Gasteiger charge is 2.29. The average Bonchev–Trinajstić information content (AvgIpc) is 3.45. The molecule has 3 heterocycles. The second kappa shape index (κ2) is 7.26. The zero-order valence-electron chi connectivity index (χ0n) is 17.1. The molecule has 0 saturated heterocycles. The molecule has 0 atom stereocenters. The van der Waals surface area contributed by atoms with Crippen molar-refractivity contribution in [2.45, 2.75) is 63.1 Å². The largest absolute Gasteiger partial charge is 0.393 e. The average molecular weight is 421 g/mol. The fourth-order valence-electron chi connectivity index (χ4n) is 4.46. The zero-order chi connectivity index (χ0) is 20.9. The molecule has 6 rings (SSSR count). The molecule has 8 nitrogen and oxygen atoms in total. The molecule has 2 aliphatic carbocycles. The number of hydrogen-bond acceptors (Lipinski definition) is 6. The minimum absolute atomic E-state index is 0.208. The third-order valence-electron chi connectivity index (χ3n) is 6.35. The summed E-state index contributed by atoms with van der Waals surface area (Å²) in [5.74, 6) is 1.58. The fraction of sp³-hybridized carbons (Fsp3) is 0.455. The number of fused-ring (bicyclic) bond motifs is 2. The van der Waals surface area contributed by atoms with Crippen molar-refractivity contribution < 1.29 is 9.50 Å². The summed E-state index contributed by atoms with van der Waals surface area (Å²) in [6.07, 6.45) is 7.29. The normalized spacial score (nSPS) is 21.7. The molecule has 0 amide bonds. The molecule has 0 spiro atoms. The Balaban J connectivity index is 1.32. The SMILES string of the molecule is OC1CCC(n2nc(NCc3nc4cc(F)ccc4[nH]3)c3ncc(C4CC4)nc32)CC1. The molecule has 0 aliphatic heterocycles. The van der Waals surface area contributed by atoms with Gasteiger partial charge < -0.3 is 15.4 Å². The minimum Gasteiger partial charge on any atom is -0.393 e. The minimum atomic E-state index is -0.303. The molecule has 9 heteroatoms. The summed E-state index contributed by atoms with van der Waals surface area (Å²) in [5, 5.41) is 18.1. The van der Waals surface area contributed by atoms with Gasteiger partial charge in [0.2, 0.25) is 0 Å². The highest BCUT2D eigenvalue weighted by molar-refractivity contribution is 5.83. The number of rotatable bonds is 5. The summed E-state index contributed by atoms with van der Waals surface area (Å²) < 4.78 is 15.5. The lowest BCUT2D eigenvalue weighted by atomic mass is 9.93. The first-order chi connectivity index (χ1) is 15.1. The van der Waals surface area contributed by atoms with Crippen molar-refractivity contribution in [1.82, 2.24) is 29.7 Å². The van der Waals surface area contributed by atoms with Gasteiger partial charge in [-0.3, -0.25) is 0 Å². The molecule has 0 unspecified atom stereocenters. The van der Waals surface area contributed by atoms with Crippen molar-refractivity contribution in [3.8, 4) is 0 Å². The van der Waals surface area contributed by atoms with Crippen LogP contribution in [0.2, 0.25) is 0 Å². The maximum absolute atomic E-state index is 13.5. The van der Waals surface area contributed by atoms with Gasteiger partial charge in [0, 0.05) is 18.2 Å². The second-order valence-electron chi connectivity index (χ2n) is 8.70. The van der Waals surface area contributed by atoms with E-state index in [1.165, 1.54) is 25.0 Å². The van der Waals surface area contributed by atoms with E-state index in [0.717, 1.165) is 48.1 Å². The number of hydrogen-bond donors (Lipinski definition) is 3. The van der Waals surface area contributed by atoms with Crippen molar-refractivity contribution in [2.24, 2.45) is 0 Å². The molecule has 4 aromatic rings. The topological polar surface area (TPSA) is 105 Å². The Morgan fingerprint density at radius 3 is 2.77 bits per heavy atom. The van der Waals surface area contributed by atoms with Crippen molar-refractivity contribution in [2.75, 3.05) is 5.32 Å². The quantitative estimate of drug-likeness (QED) is 0.453. The molecule has 2 fully saturated rings. The van der Waals surface area contributed by atoms with Gasteiger partial charge in [-0.2, -0.15) is 5.10 Å². The van der Waals surface area contributed by atoms with Crippen LogP contribution in [-0.4, -0.2) is 40.9 Å². The Labute approximate surface area is 177 Å². The highest BCUT2D eigenvalue weighted by atomic mass is 19.1. The molecule has 1 aromatic carbocycles. The number of H-pyrrole nitrogens is 1. The predicted molar refractivity (Wildman–Crippen MR) is 114 cm³/mol. The molecule has 0 radical (unpaired) electrons. The maximum atomic E-state index is 13.5. The zero-order valence-corrected chi connectivity index (χ0v) is 17.1. The van der Waals surface area contributed by atoms with Crippen LogP contribution in [0.25, 0.3) is 22.2 Å².